The molecule has 0 aliphatic heterocycles. The third kappa shape index (κ3) is 3.24. The molecular weight excluding hydrogens is 264 g/mol. The Morgan fingerprint density at radius 2 is 2.05 bits per heavy atom. The highest BCUT2D eigenvalue weighted by Gasteiger charge is 2.37. The number of hydrogen-bond acceptors (Lipinski definition) is 5. The highest BCUT2D eigenvalue weighted by Crippen LogP contribution is 2.31. The molecule has 0 atom stereocenters. The molecule has 0 saturated heterocycles. The van der Waals surface area contributed by atoms with E-state index >= 15 is 0 Å². The van der Waals surface area contributed by atoms with Crippen molar-refractivity contribution in [2.75, 3.05) is 13.2 Å². The number of amides is 1. The van der Waals surface area contributed by atoms with Crippen LogP contribution < -0.4 is 10.1 Å². The number of aliphatic hydroxyl groups excluding tert-OH is 1. The second-order valence-corrected chi connectivity index (χ2v) is 4.88. The number of rotatable bonds is 6. The molecular formula is C13H16N2O5. The van der Waals surface area contributed by atoms with Crippen LogP contribution in [0.3, 0.4) is 0 Å². The molecule has 7 nitrogen and oxygen atoms in total. The smallest absolute Gasteiger partial charge is 0.269 e. The van der Waals surface area contributed by atoms with E-state index in [1.54, 1.807) is 0 Å². The Bertz CT molecular complexity index is 490. The number of carbonyl (C=O) groups is 1. The topological polar surface area (TPSA) is 102 Å². The van der Waals surface area contributed by atoms with Crippen molar-refractivity contribution in [1.82, 2.24) is 5.32 Å². The summed E-state index contributed by atoms with van der Waals surface area (Å²) in [6, 6.07) is 5.51. The minimum Gasteiger partial charge on any atom is -0.484 e. The monoisotopic (exact) mass is 280 g/mol. The van der Waals surface area contributed by atoms with Crippen LogP contribution in [-0.2, 0) is 4.79 Å². The van der Waals surface area contributed by atoms with Crippen LogP contribution >= 0.6 is 0 Å². The molecule has 0 bridgehead atoms. The van der Waals surface area contributed by atoms with E-state index in [9.17, 15) is 20.0 Å². The van der Waals surface area contributed by atoms with Gasteiger partial charge in [0.15, 0.2) is 6.61 Å². The van der Waals surface area contributed by atoms with Crippen molar-refractivity contribution in [2.45, 2.75) is 24.8 Å². The van der Waals surface area contributed by atoms with Gasteiger partial charge < -0.3 is 15.2 Å². The number of nitro benzene ring substituents is 1. The molecule has 0 spiro atoms. The van der Waals surface area contributed by atoms with Crippen molar-refractivity contribution in [3.63, 3.8) is 0 Å². The Balaban J connectivity index is 1.82. The second kappa shape index (κ2) is 5.87. The molecule has 20 heavy (non-hydrogen) atoms. The van der Waals surface area contributed by atoms with Crippen LogP contribution in [0.1, 0.15) is 19.3 Å². The predicted octanol–water partition coefficient (Wildman–Crippen LogP) is 1.00. The number of benzene rings is 1. The molecule has 1 aliphatic rings. The van der Waals surface area contributed by atoms with E-state index in [0.717, 1.165) is 19.3 Å². The van der Waals surface area contributed by atoms with E-state index in [2.05, 4.69) is 5.32 Å². The first-order valence-electron chi connectivity index (χ1n) is 6.34. The van der Waals surface area contributed by atoms with Gasteiger partial charge in [0.2, 0.25) is 0 Å². The SMILES string of the molecule is O=C(COc1ccc([N+](=O)[O-])cc1)NC1(CO)CCC1. The van der Waals surface area contributed by atoms with E-state index < -0.39 is 10.5 Å². The maximum Gasteiger partial charge on any atom is 0.269 e. The van der Waals surface area contributed by atoms with Crippen LogP contribution in [0.4, 0.5) is 5.69 Å². The number of aliphatic hydroxyl groups is 1. The molecule has 2 rings (SSSR count). The van der Waals surface area contributed by atoms with Gasteiger partial charge in [0.05, 0.1) is 17.1 Å². The maximum atomic E-state index is 11.7. The molecule has 108 valence electrons. The molecule has 0 aromatic heterocycles. The first-order chi connectivity index (χ1) is 9.54. The standard InChI is InChI=1S/C13H16N2O5/c16-9-13(6-1-7-13)14-12(17)8-20-11-4-2-10(3-5-11)15(18)19/h2-5,16H,1,6-9H2,(H,14,17). The summed E-state index contributed by atoms with van der Waals surface area (Å²) in [7, 11) is 0. The zero-order valence-electron chi connectivity index (χ0n) is 10.9. The number of nitrogens with zero attached hydrogens (tertiary/aromatic N) is 1. The van der Waals surface area contributed by atoms with E-state index in [4.69, 9.17) is 4.74 Å². The highest BCUT2D eigenvalue weighted by molar-refractivity contribution is 5.78. The van der Waals surface area contributed by atoms with Crippen molar-refractivity contribution in [1.29, 1.82) is 0 Å². The molecule has 1 aliphatic carbocycles. The lowest BCUT2D eigenvalue weighted by atomic mass is 9.77. The van der Waals surface area contributed by atoms with Gasteiger partial charge in [0.25, 0.3) is 11.6 Å². The molecule has 0 unspecified atom stereocenters. The zero-order chi connectivity index (χ0) is 14.6. The third-order valence-electron chi connectivity index (χ3n) is 3.44. The highest BCUT2D eigenvalue weighted by atomic mass is 16.6. The Labute approximate surface area is 115 Å². The normalized spacial score (nSPS) is 16.1. The van der Waals surface area contributed by atoms with Crippen molar-refractivity contribution in [3.05, 3.63) is 34.4 Å². The fraction of sp³-hybridized carbons (Fsp3) is 0.462. The molecule has 0 heterocycles. The van der Waals surface area contributed by atoms with E-state index in [1.165, 1.54) is 24.3 Å². The predicted molar refractivity (Wildman–Crippen MR) is 70.4 cm³/mol. The summed E-state index contributed by atoms with van der Waals surface area (Å²) < 4.78 is 5.25. The van der Waals surface area contributed by atoms with E-state index in [0.29, 0.717) is 5.75 Å². The zero-order valence-corrected chi connectivity index (χ0v) is 10.9. The summed E-state index contributed by atoms with van der Waals surface area (Å²) in [6.07, 6.45) is 2.53. The minimum absolute atomic E-state index is 0.0319. The molecule has 1 aromatic carbocycles. The van der Waals surface area contributed by atoms with E-state index in [1.807, 2.05) is 0 Å². The lowest BCUT2D eigenvalue weighted by Crippen LogP contribution is -2.57. The molecule has 1 amide bonds. The first kappa shape index (κ1) is 14.3. The quantitative estimate of drug-likeness (QED) is 0.598. The van der Waals surface area contributed by atoms with E-state index in [-0.39, 0.29) is 24.8 Å². The van der Waals surface area contributed by atoms with Crippen molar-refractivity contribution in [2.24, 2.45) is 0 Å². The molecule has 1 saturated carbocycles. The Morgan fingerprint density at radius 1 is 1.40 bits per heavy atom. The van der Waals surface area contributed by atoms with Gasteiger partial charge in [0, 0.05) is 12.1 Å². The molecule has 1 aromatic rings. The fourth-order valence-electron chi connectivity index (χ4n) is 2.07. The number of carbonyl (C=O) groups excluding carboxylic acids is 1. The summed E-state index contributed by atoms with van der Waals surface area (Å²) in [4.78, 5) is 21.7. The lowest BCUT2D eigenvalue weighted by Gasteiger charge is -2.40. The average Bonchev–Trinajstić information content (AvgIpc) is 2.41. The lowest BCUT2D eigenvalue weighted by molar-refractivity contribution is -0.384. The Kier molecular flexibility index (Phi) is 4.19. The number of ether oxygens (including phenoxy) is 1. The largest absolute Gasteiger partial charge is 0.484 e. The summed E-state index contributed by atoms with van der Waals surface area (Å²) >= 11 is 0. The summed E-state index contributed by atoms with van der Waals surface area (Å²) in [6.45, 7) is -0.254. The average molecular weight is 280 g/mol. The fourth-order valence-corrected chi connectivity index (χ4v) is 2.07. The van der Waals surface area contributed by atoms with Gasteiger partial charge in [-0.25, -0.2) is 0 Å². The molecule has 0 radical (unpaired) electrons. The van der Waals surface area contributed by atoms with Crippen LogP contribution in [0.5, 0.6) is 5.75 Å². The molecule has 1 fully saturated rings. The van der Waals surface area contributed by atoms with Gasteiger partial charge in [-0.1, -0.05) is 0 Å². The Morgan fingerprint density at radius 3 is 2.50 bits per heavy atom. The van der Waals surface area contributed by atoms with Crippen LogP contribution in [-0.4, -0.2) is 34.7 Å². The number of non-ortho nitro benzene ring substituents is 1. The molecule has 7 heteroatoms. The Hall–Kier alpha value is -2.15. The summed E-state index contributed by atoms with van der Waals surface area (Å²) in [5.74, 6) is 0.0783. The first-order valence-corrected chi connectivity index (χ1v) is 6.34. The third-order valence-corrected chi connectivity index (χ3v) is 3.44. The summed E-state index contributed by atoms with van der Waals surface area (Å²) in [5, 5.41) is 22.5. The van der Waals surface area contributed by atoms with Crippen LogP contribution in [0.25, 0.3) is 0 Å². The van der Waals surface area contributed by atoms with Gasteiger partial charge in [-0.15, -0.1) is 0 Å². The van der Waals surface area contributed by atoms with Crippen LogP contribution in [0.15, 0.2) is 24.3 Å². The van der Waals surface area contributed by atoms with Crippen molar-refractivity contribution >= 4 is 11.6 Å². The summed E-state index contributed by atoms with van der Waals surface area (Å²) in [5.41, 5.74) is -0.522. The minimum atomic E-state index is -0.502. The number of hydrogen-bond donors (Lipinski definition) is 2. The van der Waals surface area contributed by atoms with Crippen LogP contribution in [0, 0.1) is 10.1 Å². The maximum absolute atomic E-state index is 11.7. The van der Waals surface area contributed by atoms with Gasteiger partial charge >= 0.3 is 0 Å². The number of nitrogens with one attached hydrogen (secondary N) is 1. The molecule has 2 N–H and O–H groups in total. The van der Waals surface area contributed by atoms with Crippen molar-refractivity contribution in [3.8, 4) is 5.75 Å². The van der Waals surface area contributed by atoms with Crippen molar-refractivity contribution < 1.29 is 19.6 Å². The number of nitro groups is 1. The van der Waals surface area contributed by atoms with Gasteiger partial charge in [-0.2, -0.15) is 0 Å². The van der Waals surface area contributed by atoms with Gasteiger partial charge in [0.1, 0.15) is 5.75 Å². The van der Waals surface area contributed by atoms with Gasteiger partial charge in [-0.3, -0.25) is 14.9 Å². The van der Waals surface area contributed by atoms with Crippen LogP contribution in [0.2, 0.25) is 0 Å². The second-order valence-electron chi connectivity index (χ2n) is 4.88. The van der Waals surface area contributed by atoms with Gasteiger partial charge in [-0.05, 0) is 31.4 Å².